The van der Waals surface area contributed by atoms with Crippen molar-refractivity contribution in [2.45, 2.75) is 31.6 Å². The second-order valence-corrected chi connectivity index (χ2v) is 5.13. The van der Waals surface area contributed by atoms with Gasteiger partial charge in [0.1, 0.15) is 5.78 Å². The number of hydrogen-bond donors (Lipinski definition) is 0. The zero-order chi connectivity index (χ0) is 13.1. The Bertz CT molecular complexity index is 438. The van der Waals surface area contributed by atoms with E-state index in [0.717, 1.165) is 18.4 Å². The summed E-state index contributed by atoms with van der Waals surface area (Å²) in [5, 5.41) is 0. The smallest absolute Gasteiger partial charge is 0.253 e. The van der Waals surface area contributed by atoms with Gasteiger partial charge in [-0.15, -0.1) is 0 Å². The summed E-state index contributed by atoms with van der Waals surface area (Å²) in [6, 6.07) is 7.82. The van der Waals surface area contributed by atoms with Gasteiger partial charge in [-0.3, -0.25) is 9.59 Å². The normalized spacial score (nSPS) is 16.7. The van der Waals surface area contributed by atoms with Crippen LogP contribution in [-0.4, -0.2) is 30.7 Å². The monoisotopic (exact) mass is 245 g/mol. The van der Waals surface area contributed by atoms with Crippen molar-refractivity contribution in [3.05, 3.63) is 35.4 Å². The Labute approximate surface area is 108 Å². The van der Waals surface area contributed by atoms with E-state index in [4.69, 9.17) is 0 Å². The van der Waals surface area contributed by atoms with Crippen molar-refractivity contribution in [3.63, 3.8) is 0 Å². The molecule has 0 bridgehead atoms. The molecule has 0 saturated heterocycles. The molecule has 3 nitrogen and oxygen atoms in total. The van der Waals surface area contributed by atoms with Crippen LogP contribution < -0.4 is 0 Å². The van der Waals surface area contributed by atoms with Crippen LogP contribution in [-0.2, 0) is 4.79 Å². The first-order chi connectivity index (χ1) is 8.58. The van der Waals surface area contributed by atoms with Crippen molar-refractivity contribution in [2.75, 3.05) is 14.1 Å². The molecule has 0 spiro atoms. The van der Waals surface area contributed by atoms with E-state index in [9.17, 15) is 9.59 Å². The summed E-state index contributed by atoms with van der Waals surface area (Å²) >= 11 is 0. The minimum atomic E-state index is 0.0281. The van der Waals surface area contributed by atoms with Crippen LogP contribution in [0.5, 0.6) is 0 Å². The fourth-order valence-corrected chi connectivity index (χ4v) is 2.43. The molecule has 1 aromatic carbocycles. The van der Waals surface area contributed by atoms with Crippen LogP contribution >= 0.6 is 0 Å². The molecule has 0 heterocycles. The molecule has 3 heteroatoms. The Morgan fingerprint density at radius 3 is 2.17 bits per heavy atom. The molecular weight excluding hydrogens is 226 g/mol. The van der Waals surface area contributed by atoms with E-state index >= 15 is 0 Å². The summed E-state index contributed by atoms with van der Waals surface area (Å²) in [6.07, 6.45) is 3.28. The van der Waals surface area contributed by atoms with Crippen molar-refractivity contribution in [1.82, 2.24) is 4.90 Å². The van der Waals surface area contributed by atoms with Gasteiger partial charge >= 0.3 is 0 Å². The molecule has 1 aliphatic carbocycles. The molecule has 0 unspecified atom stereocenters. The molecule has 0 N–H and O–H groups in total. The molecule has 2 rings (SSSR count). The zero-order valence-electron chi connectivity index (χ0n) is 11.0. The Balaban J connectivity index is 2.08. The van der Waals surface area contributed by atoms with Gasteiger partial charge in [0.2, 0.25) is 0 Å². The lowest BCUT2D eigenvalue weighted by atomic mass is 9.83. The molecule has 96 valence electrons. The van der Waals surface area contributed by atoms with Crippen LogP contribution in [0.1, 0.15) is 47.5 Å². The number of amides is 1. The van der Waals surface area contributed by atoms with Crippen LogP contribution in [0.25, 0.3) is 0 Å². The van der Waals surface area contributed by atoms with Gasteiger partial charge in [-0.05, 0) is 36.5 Å². The molecule has 0 aliphatic heterocycles. The first kappa shape index (κ1) is 12.8. The van der Waals surface area contributed by atoms with Crippen molar-refractivity contribution in [3.8, 4) is 0 Å². The number of ketones is 1. The third-order valence-electron chi connectivity index (χ3n) is 3.58. The highest BCUT2D eigenvalue weighted by Crippen LogP contribution is 2.31. The number of nitrogens with zero attached hydrogens (tertiary/aromatic N) is 1. The lowest BCUT2D eigenvalue weighted by Gasteiger charge is -2.21. The number of rotatable bonds is 2. The fourth-order valence-electron chi connectivity index (χ4n) is 2.43. The van der Waals surface area contributed by atoms with Crippen LogP contribution in [0.4, 0.5) is 0 Å². The molecule has 0 aromatic heterocycles. The number of benzene rings is 1. The lowest BCUT2D eigenvalue weighted by molar-refractivity contribution is -0.120. The van der Waals surface area contributed by atoms with Gasteiger partial charge in [0.25, 0.3) is 5.91 Å². The Morgan fingerprint density at radius 2 is 1.67 bits per heavy atom. The van der Waals surface area contributed by atoms with Crippen molar-refractivity contribution in [1.29, 1.82) is 0 Å². The summed E-state index contributed by atoms with van der Waals surface area (Å²) in [5.41, 5.74) is 1.97. The summed E-state index contributed by atoms with van der Waals surface area (Å²) in [6.45, 7) is 0. The van der Waals surface area contributed by atoms with E-state index in [-0.39, 0.29) is 5.91 Å². The average Bonchev–Trinajstić information content (AvgIpc) is 2.39. The van der Waals surface area contributed by atoms with Gasteiger partial charge < -0.3 is 4.90 Å². The van der Waals surface area contributed by atoms with Gasteiger partial charge in [-0.2, -0.15) is 0 Å². The van der Waals surface area contributed by atoms with E-state index in [0.29, 0.717) is 24.5 Å². The maximum atomic E-state index is 11.8. The highest BCUT2D eigenvalue weighted by Gasteiger charge is 2.20. The molecular formula is C15H19NO2. The quantitative estimate of drug-likeness (QED) is 0.803. The van der Waals surface area contributed by atoms with Crippen LogP contribution in [0.2, 0.25) is 0 Å². The molecule has 1 aromatic rings. The van der Waals surface area contributed by atoms with Gasteiger partial charge in [-0.25, -0.2) is 0 Å². The van der Waals surface area contributed by atoms with Crippen molar-refractivity contribution < 1.29 is 9.59 Å². The van der Waals surface area contributed by atoms with Crippen molar-refractivity contribution >= 4 is 11.7 Å². The maximum Gasteiger partial charge on any atom is 0.253 e. The number of carbonyl (C=O) groups excluding carboxylic acids is 2. The number of carbonyl (C=O) groups is 2. The van der Waals surface area contributed by atoms with Crippen molar-refractivity contribution in [2.24, 2.45) is 0 Å². The first-order valence-corrected chi connectivity index (χ1v) is 6.41. The number of Topliss-reactive ketones (excluding diaryl/α,β-unsaturated/α-hetero) is 1. The molecule has 1 saturated carbocycles. The third-order valence-corrected chi connectivity index (χ3v) is 3.58. The zero-order valence-corrected chi connectivity index (χ0v) is 11.0. The predicted molar refractivity (Wildman–Crippen MR) is 70.7 cm³/mol. The second kappa shape index (κ2) is 5.34. The molecule has 0 radical (unpaired) electrons. The van der Waals surface area contributed by atoms with Gasteiger partial charge in [-0.1, -0.05) is 12.1 Å². The van der Waals surface area contributed by atoms with Gasteiger partial charge in [0.05, 0.1) is 0 Å². The van der Waals surface area contributed by atoms with E-state index in [1.807, 2.05) is 24.3 Å². The van der Waals surface area contributed by atoms with Crippen LogP contribution in [0.15, 0.2) is 24.3 Å². The second-order valence-electron chi connectivity index (χ2n) is 5.13. The topological polar surface area (TPSA) is 37.4 Å². The predicted octanol–water partition coefficient (Wildman–Crippen LogP) is 2.62. The van der Waals surface area contributed by atoms with E-state index in [2.05, 4.69) is 0 Å². The van der Waals surface area contributed by atoms with E-state index in [1.54, 1.807) is 19.0 Å². The SMILES string of the molecule is CN(C)C(=O)c1ccc(C2CCC(=O)CC2)cc1. The highest BCUT2D eigenvalue weighted by atomic mass is 16.2. The van der Waals surface area contributed by atoms with Gasteiger partial charge in [0, 0.05) is 32.5 Å². The Morgan fingerprint density at radius 1 is 1.11 bits per heavy atom. The summed E-state index contributed by atoms with van der Waals surface area (Å²) in [7, 11) is 3.51. The standard InChI is InChI=1S/C15H19NO2/c1-16(2)15(18)13-5-3-11(4-6-13)12-7-9-14(17)10-8-12/h3-6,12H,7-10H2,1-2H3. The molecule has 1 aliphatic rings. The third kappa shape index (κ3) is 2.78. The van der Waals surface area contributed by atoms with E-state index < -0.39 is 0 Å². The number of hydrogen-bond acceptors (Lipinski definition) is 2. The van der Waals surface area contributed by atoms with Gasteiger partial charge in [0.15, 0.2) is 0 Å². The maximum absolute atomic E-state index is 11.8. The largest absolute Gasteiger partial charge is 0.345 e. The van der Waals surface area contributed by atoms with E-state index in [1.165, 1.54) is 5.56 Å². The molecule has 1 amide bonds. The Hall–Kier alpha value is -1.64. The minimum absolute atomic E-state index is 0.0281. The molecule has 18 heavy (non-hydrogen) atoms. The summed E-state index contributed by atoms with van der Waals surface area (Å²) in [4.78, 5) is 24.5. The summed E-state index contributed by atoms with van der Waals surface area (Å²) < 4.78 is 0. The molecule has 0 atom stereocenters. The lowest BCUT2D eigenvalue weighted by Crippen LogP contribution is -2.21. The summed E-state index contributed by atoms with van der Waals surface area (Å²) in [5.74, 6) is 0.886. The fraction of sp³-hybridized carbons (Fsp3) is 0.467. The van der Waals surface area contributed by atoms with Crippen LogP contribution in [0, 0.1) is 0 Å². The molecule has 1 fully saturated rings. The highest BCUT2D eigenvalue weighted by molar-refractivity contribution is 5.93. The Kier molecular flexibility index (Phi) is 3.80. The first-order valence-electron chi connectivity index (χ1n) is 6.41. The van der Waals surface area contributed by atoms with Crippen LogP contribution in [0.3, 0.4) is 0 Å². The minimum Gasteiger partial charge on any atom is -0.345 e. The average molecular weight is 245 g/mol.